The van der Waals surface area contributed by atoms with Crippen molar-refractivity contribution in [1.82, 2.24) is 14.2 Å². The highest BCUT2D eigenvalue weighted by Crippen LogP contribution is 2.55. The van der Waals surface area contributed by atoms with Gasteiger partial charge in [-0.2, -0.15) is 0 Å². The Balaban J connectivity index is 1.90. The Morgan fingerprint density at radius 1 is 0.783 bits per heavy atom. The number of rotatable bonds is 3. The van der Waals surface area contributed by atoms with Crippen LogP contribution in [0.1, 0.15) is 0 Å². The lowest BCUT2D eigenvalue weighted by molar-refractivity contribution is 0.0513. The molecule has 0 aromatic heterocycles. The summed E-state index contributed by atoms with van der Waals surface area (Å²) in [7, 11) is -3.17. The van der Waals surface area contributed by atoms with Gasteiger partial charge in [0.1, 0.15) is 0 Å². The van der Waals surface area contributed by atoms with Gasteiger partial charge < -0.3 is 24.3 Å². The van der Waals surface area contributed by atoms with Crippen LogP contribution in [0.15, 0.2) is 5.16 Å². The molecule has 0 spiro atoms. The predicted molar refractivity (Wildman–Crippen MR) is 84.0 cm³/mol. The van der Waals surface area contributed by atoms with Crippen LogP contribution in [0.5, 0.6) is 0 Å². The van der Waals surface area contributed by atoms with E-state index >= 15 is 0 Å². The fraction of sp³-hybridized carbons (Fsp3) is 0.923. The zero-order chi connectivity index (χ0) is 16.1. The first-order chi connectivity index (χ1) is 11.3. The van der Waals surface area contributed by atoms with Crippen LogP contribution >= 0.6 is 7.44 Å². The lowest BCUT2D eigenvalue weighted by Crippen LogP contribution is -2.50. The molecule has 0 aromatic rings. The number of amidine groups is 1. The molecule has 132 valence electrons. The van der Waals surface area contributed by atoms with Crippen LogP contribution in [-0.2, 0) is 18.8 Å². The van der Waals surface area contributed by atoms with E-state index in [2.05, 4.69) is 5.16 Å². The summed E-state index contributed by atoms with van der Waals surface area (Å²) in [4.78, 5) is 1.88. The van der Waals surface area contributed by atoms with Gasteiger partial charge in [-0.3, -0.25) is 4.57 Å². The third kappa shape index (κ3) is 3.55. The maximum atomic E-state index is 14.1. The van der Waals surface area contributed by atoms with Crippen LogP contribution in [0.3, 0.4) is 0 Å². The zero-order valence-electron chi connectivity index (χ0n) is 13.3. The summed E-state index contributed by atoms with van der Waals surface area (Å²) < 4.78 is 34.1. The molecule has 0 unspecified atom stereocenters. The van der Waals surface area contributed by atoms with Crippen molar-refractivity contribution < 1.29 is 24.0 Å². The standard InChI is InChI=1S/C13H25N4O5P/c18-14-13(15-1-7-20-8-2-15)23(19,16-3-9-21-10-4-16)17-5-11-22-12-6-17/h18H,1-12H2/b14-13+. The lowest BCUT2D eigenvalue weighted by Gasteiger charge is -2.44. The van der Waals surface area contributed by atoms with Crippen LogP contribution in [0.2, 0.25) is 0 Å². The molecule has 3 fully saturated rings. The Bertz CT molecular complexity index is 437. The fourth-order valence-electron chi connectivity index (χ4n) is 3.15. The highest BCUT2D eigenvalue weighted by Gasteiger charge is 2.46. The Labute approximate surface area is 136 Å². The van der Waals surface area contributed by atoms with Gasteiger partial charge in [0.25, 0.3) is 7.44 Å². The number of hydrogen-bond acceptors (Lipinski definition) is 6. The highest BCUT2D eigenvalue weighted by atomic mass is 31.2. The Kier molecular flexibility index (Phi) is 5.90. The van der Waals surface area contributed by atoms with Gasteiger partial charge in [-0.05, 0) is 0 Å². The van der Waals surface area contributed by atoms with Crippen molar-refractivity contribution in [2.75, 3.05) is 78.9 Å². The second-order valence-electron chi connectivity index (χ2n) is 5.68. The topological polar surface area (TPSA) is 87.1 Å². The van der Waals surface area contributed by atoms with Gasteiger partial charge in [-0.1, -0.05) is 5.16 Å². The van der Waals surface area contributed by atoms with Gasteiger partial charge in [0, 0.05) is 39.3 Å². The summed E-state index contributed by atoms with van der Waals surface area (Å²) in [5, 5.41) is 13.2. The minimum atomic E-state index is -3.17. The first kappa shape index (κ1) is 17.1. The molecule has 3 aliphatic heterocycles. The van der Waals surface area contributed by atoms with Crippen molar-refractivity contribution >= 4 is 13.0 Å². The molecule has 23 heavy (non-hydrogen) atoms. The molecule has 0 atom stereocenters. The van der Waals surface area contributed by atoms with E-state index in [9.17, 15) is 9.77 Å². The van der Waals surface area contributed by atoms with E-state index in [4.69, 9.17) is 14.2 Å². The molecule has 3 aliphatic rings. The number of morpholine rings is 3. The average Bonchev–Trinajstić information content (AvgIpc) is 2.64. The molecule has 1 N–H and O–H groups in total. The minimum Gasteiger partial charge on any atom is -0.409 e. The fourth-order valence-corrected chi connectivity index (χ4v) is 6.11. The minimum absolute atomic E-state index is 0.268. The number of ether oxygens (including phenoxy) is 3. The second kappa shape index (κ2) is 7.92. The SMILES string of the molecule is O=P(/C(=N/O)N1CCOCC1)(N1CCOCC1)N1CCOCC1. The van der Waals surface area contributed by atoms with Crippen molar-refractivity contribution in [2.24, 2.45) is 5.16 Å². The van der Waals surface area contributed by atoms with E-state index in [0.717, 1.165) is 0 Å². The Hall–Kier alpha value is -0.700. The predicted octanol–water partition coefficient (Wildman–Crippen LogP) is -0.0787. The smallest absolute Gasteiger partial charge is 0.283 e. The highest BCUT2D eigenvalue weighted by molar-refractivity contribution is 7.76. The van der Waals surface area contributed by atoms with Crippen LogP contribution < -0.4 is 0 Å². The maximum Gasteiger partial charge on any atom is 0.283 e. The van der Waals surface area contributed by atoms with Gasteiger partial charge >= 0.3 is 0 Å². The molecule has 3 heterocycles. The van der Waals surface area contributed by atoms with Crippen LogP contribution in [0.4, 0.5) is 0 Å². The average molecular weight is 348 g/mol. The summed E-state index contributed by atoms with van der Waals surface area (Å²) in [6.45, 7) is 6.68. The molecule has 3 rings (SSSR count). The summed E-state index contributed by atoms with van der Waals surface area (Å²) >= 11 is 0. The molecule has 0 saturated carbocycles. The van der Waals surface area contributed by atoms with E-state index in [0.29, 0.717) is 78.9 Å². The summed E-state index contributed by atoms with van der Waals surface area (Å²) in [6.07, 6.45) is 0. The molecule has 9 nitrogen and oxygen atoms in total. The molecule has 0 bridgehead atoms. The van der Waals surface area contributed by atoms with Crippen molar-refractivity contribution in [2.45, 2.75) is 0 Å². The summed E-state index contributed by atoms with van der Waals surface area (Å²) in [6, 6.07) is 0. The zero-order valence-corrected chi connectivity index (χ0v) is 14.2. The molecule has 0 aromatic carbocycles. The van der Waals surface area contributed by atoms with Crippen LogP contribution in [-0.4, -0.2) is 104 Å². The molecule has 0 amide bonds. The Morgan fingerprint density at radius 2 is 1.17 bits per heavy atom. The van der Waals surface area contributed by atoms with E-state index < -0.39 is 7.44 Å². The molecule has 0 radical (unpaired) electrons. The largest absolute Gasteiger partial charge is 0.409 e. The normalized spacial score (nSPS) is 26.4. The van der Waals surface area contributed by atoms with Crippen molar-refractivity contribution in [1.29, 1.82) is 0 Å². The van der Waals surface area contributed by atoms with Gasteiger partial charge in [0.2, 0.25) is 5.58 Å². The number of oxime groups is 1. The quantitative estimate of drug-likeness (QED) is 0.249. The molecular weight excluding hydrogens is 323 g/mol. The van der Waals surface area contributed by atoms with E-state index in [1.165, 1.54) is 0 Å². The van der Waals surface area contributed by atoms with E-state index in [-0.39, 0.29) is 5.58 Å². The first-order valence-electron chi connectivity index (χ1n) is 8.08. The number of hydrogen-bond donors (Lipinski definition) is 1. The van der Waals surface area contributed by atoms with Crippen molar-refractivity contribution in [3.8, 4) is 0 Å². The van der Waals surface area contributed by atoms with Gasteiger partial charge in [-0.15, -0.1) is 0 Å². The molecule has 3 saturated heterocycles. The van der Waals surface area contributed by atoms with Gasteiger partial charge in [0.05, 0.1) is 39.6 Å². The maximum absolute atomic E-state index is 14.1. The van der Waals surface area contributed by atoms with Gasteiger partial charge in [-0.25, -0.2) is 9.34 Å². The number of nitrogens with zero attached hydrogens (tertiary/aromatic N) is 4. The second-order valence-corrected chi connectivity index (χ2v) is 8.29. The Morgan fingerprint density at radius 3 is 1.57 bits per heavy atom. The molecule has 0 aliphatic carbocycles. The molecular formula is C13H25N4O5P. The summed E-state index contributed by atoms with van der Waals surface area (Å²) in [5.41, 5.74) is 0.268. The molecule has 10 heteroatoms. The van der Waals surface area contributed by atoms with Crippen molar-refractivity contribution in [3.05, 3.63) is 0 Å². The van der Waals surface area contributed by atoms with Gasteiger partial charge in [0.15, 0.2) is 0 Å². The lowest BCUT2D eigenvalue weighted by atomic mass is 10.5. The monoisotopic (exact) mass is 348 g/mol. The third-order valence-corrected chi connectivity index (χ3v) is 7.61. The third-order valence-electron chi connectivity index (χ3n) is 4.39. The van der Waals surface area contributed by atoms with Crippen LogP contribution in [0.25, 0.3) is 0 Å². The summed E-state index contributed by atoms with van der Waals surface area (Å²) in [5.74, 6) is 0. The van der Waals surface area contributed by atoms with Crippen molar-refractivity contribution in [3.63, 3.8) is 0 Å². The van der Waals surface area contributed by atoms with Crippen LogP contribution in [0, 0.1) is 0 Å². The first-order valence-corrected chi connectivity index (χ1v) is 9.70. The van der Waals surface area contributed by atoms with E-state index in [1.807, 2.05) is 14.2 Å². The van der Waals surface area contributed by atoms with E-state index in [1.54, 1.807) is 0 Å².